The average molecular weight is 261 g/mol. The molecule has 0 saturated carbocycles. The molecule has 19 heavy (non-hydrogen) atoms. The molecule has 3 nitrogen and oxygen atoms in total. The van der Waals surface area contributed by atoms with Crippen LogP contribution in [0.5, 0.6) is 0 Å². The molecule has 1 aliphatic rings. The minimum Gasteiger partial charge on any atom is -0.369 e. The highest BCUT2D eigenvalue weighted by atomic mass is 15.3. The molecular weight excluding hydrogens is 234 g/mol. The predicted octanol–water partition coefficient (Wildman–Crippen LogP) is 2.11. The lowest BCUT2D eigenvalue weighted by Gasteiger charge is -2.36. The highest BCUT2D eigenvalue weighted by Gasteiger charge is 2.16. The zero-order valence-corrected chi connectivity index (χ0v) is 12.3. The van der Waals surface area contributed by atoms with Crippen molar-refractivity contribution in [3.05, 3.63) is 29.8 Å². The zero-order valence-electron chi connectivity index (χ0n) is 12.3. The van der Waals surface area contributed by atoms with Gasteiger partial charge < -0.3 is 10.6 Å². The van der Waals surface area contributed by atoms with Crippen LogP contribution in [0.4, 0.5) is 5.69 Å². The minimum atomic E-state index is 0.239. The lowest BCUT2D eigenvalue weighted by atomic mass is 10.1. The van der Waals surface area contributed by atoms with E-state index >= 15 is 0 Å². The van der Waals surface area contributed by atoms with E-state index in [0.29, 0.717) is 0 Å². The van der Waals surface area contributed by atoms with Crippen LogP contribution in [0, 0.1) is 0 Å². The number of hydrogen-bond acceptors (Lipinski definition) is 3. The third kappa shape index (κ3) is 4.22. The molecule has 1 aromatic rings. The first-order chi connectivity index (χ1) is 9.19. The third-order valence-corrected chi connectivity index (χ3v) is 3.77. The summed E-state index contributed by atoms with van der Waals surface area (Å²) in [5, 5.41) is 0. The smallest absolute Gasteiger partial charge is 0.0367 e. The third-order valence-electron chi connectivity index (χ3n) is 3.77. The maximum absolute atomic E-state index is 5.83. The van der Waals surface area contributed by atoms with E-state index in [1.807, 2.05) is 0 Å². The highest BCUT2D eigenvalue weighted by Crippen LogP contribution is 2.18. The summed E-state index contributed by atoms with van der Waals surface area (Å²) in [5.74, 6) is 0. The Balaban J connectivity index is 1.89. The first kappa shape index (κ1) is 14.4. The predicted molar refractivity (Wildman–Crippen MR) is 82.7 cm³/mol. The number of benzene rings is 1. The Kier molecular flexibility index (Phi) is 5.23. The number of rotatable bonds is 5. The molecule has 3 heteroatoms. The van der Waals surface area contributed by atoms with Gasteiger partial charge in [-0.1, -0.05) is 19.1 Å². The van der Waals surface area contributed by atoms with Crippen molar-refractivity contribution in [1.82, 2.24) is 4.90 Å². The van der Waals surface area contributed by atoms with Gasteiger partial charge in [0.25, 0.3) is 0 Å². The molecule has 2 N–H and O–H groups in total. The maximum atomic E-state index is 5.83. The van der Waals surface area contributed by atoms with E-state index in [9.17, 15) is 0 Å². The molecule has 0 bridgehead atoms. The van der Waals surface area contributed by atoms with Crippen molar-refractivity contribution in [2.75, 3.05) is 37.6 Å². The van der Waals surface area contributed by atoms with Crippen LogP contribution in [0.2, 0.25) is 0 Å². The molecule has 0 amide bonds. The molecule has 2 rings (SSSR count). The van der Waals surface area contributed by atoms with Crippen molar-refractivity contribution in [3.63, 3.8) is 0 Å². The average Bonchev–Trinajstić information content (AvgIpc) is 2.40. The van der Waals surface area contributed by atoms with Crippen LogP contribution >= 0.6 is 0 Å². The van der Waals surface area contributed by atoms with Crippen molar-refractivity contribution in [2.24, 2.45) is 5.73 Å². The quantitative estimate of drug-likeness (QED) is 0.881. The molecule has 1 fully saturated rings. The van der Waals surface area contributed by atoms with Gasteiger partial charge in [-0.3, -0.25) is 4.90 Å². The van der Waals surface area contributed by atoms with Gasteiger partial charge in [0.15, 0.2) is 0 Å². The largest absolute Gasteiger partial charge is 0.369 e. The van der Waals surface area contributed by atoms with E-state index < -0.39 is 0 Å². The van der Waals surface area contributed by atoms with Crippen LogP contribution < -0.4 is 10.6 Å². The molecule has 1 atom stereocenters. The molecule has 1 unspecified atom stereocenters. The Hall–Kier alpha value is -1.06. The fraction of sp³-hybridized carbons (Fsp3) is 0.625. The highest BCUT2D eigenvalue weighted by molar-refractivity contribution is 5.48. The summed E-state index contributed by atoms with van der Waals surface area (Å²) in [6.45, 7) is 10.2. The van der Waals surface area contributed by atoms with Gasteiger partial charge in [0.05, 0.1) is 0 Å². The molecule has 106 valence electrons. The van der Waals surface area contributed by atoms with Gasteiger partial charge in [-0.2, -0.15) is 0 Å². The van der Waals surface area contributed by atoms with E-state index in [1.165, 1.54) is 37.3 Å². The standard InChI is InChI=1S/C16H27N3/c1-3-8-18-9-11-19(12-10-18)16-6-4-15(5-7-16)13-14(2)17/h4-7,14H,3,8-13,17H2,1-2H3. The summed E-state index contributed by atoms with van der Waals surface area (Å²) in [5.41, 5.74) is 8.52. The molecule has 1 aliphatic heterocycles. The fourth-order valence-electron chi connectivity index (χ4n) is 2.76. The van der Waals surface area contributed by atoms with Crippen LogP contribution in [0.1, 0.15) is 25.8 Å². The number of nitrogens with zero attached hydrogens (tertiary/aromatic N) is 2. The maximum Gasteiger partial charge on any atom is 0.0367 e. The second-order valence-corrected chi connectivity index (χ2v) is 5.68. The van der Waals surface area contributed by atoms with E-state index in [4.69, 9.17) is 5.73 Å². The SMILES string of the molecule is CCCN1CCN(c2ccc(CC(C)N)cc2)CC1. The van der Waals surface area contributed by atoms with Crippen LogP contribution in [0.25, 0.3) is 0 Å². The van der Waals surface area contributed by atoms with Gasteiger partial charge in [0, 0.05) is 37.9 Å². The van der Waals surface area contributed by atoms with Gasteiger partial charge in [-0.15, -0.1) is 0 Å². The zero-order chi connectivity index (χ0) is 13.7. The topological polar surface area (TPSA) is 32.5 Å². The number of anilines is 1. The first-order valence-corrected chi connectivity index (χ1v) is 7.51. The Morgan fingerprint density at radius 3 is 2.26 bits per heavy atom. The first-order valence-electron chi connectivity index (χ1n) is 7.51. The van der Waals surface area contributed by atoms with Crippen molar-refractivity contribution >= 4 is 5.69 Å². The van der Waals surface area contributed by atoms with Crippen LogP contribution in [-0.4, -0.2) is 43.7 Å². The molecule has 0 spiro atoms. The molecule has 1 saturated heterocycles. The lowest BCUT2D eigenvalue weighted by Crippen LogP contribution is -2.46. The monoisotopic (exact) mass is 261 g/mol. The van der Waals surface area contributed by atoms with Crippen LogP contribution in [-0.2, 0) is 6.42 Å². The fourth-order valence-corrected chi connectivity index (χ4v) is 2.76. The molecule has 1 aromatic carbocycles. The number of nitrogens with two attached hydrogens (primary N) is 1. The van der Waals surface area contributed by atoms with Crippen LogP contribution in [0.3, 0.4) is 0 Å². The van der Waals surface area contributed by atoms with E-state index in [-0.39, 0.29) is 6.04 Å². The summed E-state index contributed by atoms with van der Waals surface area (Å²) in [7, 11) is 0. The van der Waals surface area contributed by atoms with Crippen molar-refractivity contribution in [3.8, 4) is 0 Å². The van der Waals surface area contributed by atoms with E-state index in [0.717, 1.165) is 19.5 Å². The molecule has 0 aliphatic carbocycles. The Morgan fingerprint density at radius 2 is 1.74 bits per heavy atom. The minimum absolute atomic E-state index is 0.239. The van der Waals surface area contributed by atoms with Crippen LogP contribution in [0.15, 0.2) is 24.3 Å². The number of piperazine rings is 1. The summed E-state index contributed by atoms with van der Waals surface area (Å²) in [4.78, 5) is 5.04. The molecular formula is C16H27N3. The second-order valence-electron chi connectivity index (χ2n) is 5.68. The summed E-state index contributed by atoms with van der Waals surface area (Å²) in [6.07, 6.45) is 2.22. The second kappa shape index (κ2) is 6.92. The van der Waals surface area contributed by atoms with Crippen molar-refractivity contribution in [1.29, 1.82) is 0 Å². The normalized spacial score (nSPS) is 18.6. The van der Waals surface area contributed by atoms with E-state index in [1.54, 1.807) is 0 Å². The van der Waals surface area contributed by atoms with Gasteiger partial charge in [-0.25, -0.2) is 0 Å². The van der Waals surface area contributed by atoms with Crippen molar-refractivity contribution < 1.29 is 0 Å². The number of hydrogen-bond donors (Lipinski definition) is 1. The van der Waals surface area contributed by atoms with Gasteiger partial charge in [0.2, 0.25) is 0 Å². The van der Waals surface area contributed by atoms with Gasteiger partial charge >= 0.3 is 0 Å². The molecule has 0 radical (unpaired) electrons. The van der Waals surface area contributed by atoms with Gasteiger partial charge in [-0.05, 0) is 44.0 Å². The van der Waals surface area contributed by atoms with E-state index in [2.05, 4.69) is 47.9 Å². The van der Waals surface area contributed by atoms with Crippen molar-refractivity contribution in [2.45, 2.75) is 32.7 Å². The summed E-state index contributed by atoms with van der Waals surface area (Å²) < 4.78 is 0. The van der Waals surface area contributed by atoms with Gasteiger partial charge in [0.1, 0.15) is 0 Å². The Labute approximate surface area is 117 Å². The summed E-state index contributed by atoms with van der Waals surface area (Å²) in [6, 6.07) is 9.16. The molecule has 0 aromatic heterocycles. The summed E-state index contributed by atoms with van der Waals surface area (Å²) >= 11 is 0. The Bertz CT molecular complexity index is 364. The molecule has 1 heterocycles. The lowest BCUT2D eigenvalue weighted by molar-refractivity contribution is 0.258. The Morgan fingerprint density at radius 1 is 1.11 bits per heavy atom.